The van der Waals surface area contributed by atoms with Gasteiger partial charge in [-0.2, -0.15) is 0 Å². The number of nitrogen functional groups attached to an aromatic ring is 1. The number of amides is 1. The number of nitrogens with zero attached hydrogens (tertiary/aromatic N) is 1. The molecule has 1 amide bonds. The summed E-state index contributed by atoms with van der Waals surface area (Å²) in [5.74, 6) is -0.685. The van der Waals surface area contributed by atoms with Crippen LogP contribution >= 0.6 is 0 Å². The topological polar surface area (TPSA) is 94.3 Å². The van der Waals surface area contributed by atoms with Crippen molar-refractivity contribution in [3.8, 4) is 11.5 Å². The van der Waals surface area contributed by atoms with Crippen molar-refractivity contribution < 1.29 is 18.1 Å². The minimum Gasteiger partial charge on any atom is -0.463 e. The zero-order chi connectivity index (χ0) is 15.5. The maximum absolute atomic E-state index is 13.5. The third-order valence-corrected chi connectivity index (χ3v) is 3.10. The summed E-state index contributed by atoms with van der Waals surface area (Å²) in [6.07, 6.45) is 1.45. The molecule has 0 aliphatic rings. The highest BCUT2D eigenvalue weighted by Gasteiger charge is 2.24. The minimum atomic E-state index is -0.520. The quantitative estimate of drug-likeness (QED) is 0.772. The standard InChI is InChI=1S/C15H12FN3O3/c16-10-5-2-1-4-9(10)8-18-15(20)12-13(19-22-14(12)17)11-6-3-7-21-11/h1-7H,8,17H2,(H,18,20). The lowest BCUT2D eigenvalue weighted by Crippen LogP contribution is -2.24. The Bertz CT molecular complexity index is 796. The van der Waals surface area contributed by atoms with Crippen LogP contribution in [0.25, 0.3) is 11.5 Å². The summed E-state index contributed by atoms with van der Waals surface area (Å²) in [6.45, 7) is 0.0215. The molecule has 3 aromatic rings. The van der Waals surface area contributed by atoms with Crippen LogP contribution in [0.3, 0.4) is 0 Å². The predicted octanol–water partition coefficient (Wildman–Crippen LogP) is 2.59. The van der Waals surface area contributed by atoms with Crippen molar-refractivity contribution in [2.75, 3.05) is 5.73 Å². The molecule has 0 unspecified atom stereocenters. The summed E-state index contributed by atoms with van der Waals surface area (Å²) in [5, 5.41) is 6.31. The van der Waals surface area contributed by atoms with E-state index in [2.05, 4.69) is 10.5 Å². The van der Waals surface area contributed by atoms with Crippen molar-refractivity contribution in [1.29, 1.82) is 0 Å². The molecule has 0 spiro atoms. The van der Waals surface area contributed by atoms with Crippen molar-refractivity contribution in [3.63, 3.8) is 0 Å². The van der Waals surface area contributed by atoms with Gasteiger partial charge in [-0.1, -0.05) is 23.4 Å². The molecular formula is C15H12FN3O3. The van der Waals surface area contributed by atoms with Crippen molar-refractivity contribution in [1.82, 2.24) is 10.5 Å². The van der Waals surface area contributed by atoms with Crippen LogP contribution in [0.5, 0.6) is 0 Å². The number of nitrogens with one attached hydrogen (secondary N) is 1. The summed E-state index contributed by atoms with van der Waals surface area (Å²) < 4.78 is 23.6. The van der Waals surface area contributed by atoms with Crippen LogP contribution in [-0.4, -0.2) is 11.1 Å². The fourth-order valence-electron chi connectivity index (χ4n) is 2.01. The van der Waals surface area contributed by atoms with Gasteiger partial charge in [0, 0.05) is 12.1 Å². The number of hydrogen-bond donors (Lipinski definition) is 2. The Morgan fingerprint density at radius 2 is 2.09 bits per heavy atom. The van der Waals surface area contributed by atoms with Gasteiger partial charge < -0.3 is 20.0 Å². The number of carbonyl (C=O) groups is 1. The second-order valence-electron chi connectivity index (χ2n) is 4.52. The van der Waals surface area contributed by atoms with E-state index in [1.165, 1.54) is 12.3 Å². The highest BCUT2D eigenvalue weighted by atomic mass is 19.1. The Hall–Kier alpha value is -3.09. The van der Waals surface area contributed by atoms with E-state index in [0.29, 0.717) is 11.3 Å². The first-order chi connectivity index (χ1) is 10.7. The molecule has 0 radical (unpaired) electrons. The van der Waals surface area contributed by atoms with Crippen LogP contribution in [0.2, 0.25) is 0 Å². The van der Waals surface area contributed by atoms with Crippen LogP contribution in [0.15, 0.2) is 51.6 Å². The number of carbonyl (C=O) groups excluding carboxylic acids is 1. The Balaban J connectivity index is 1.81. The fourth-order valence-corrected chi connectivity index (χ4v) is 2.01. The van der Waals surface area contributed by atoms with E-state index >= 15 is 0 Å². The van der Waals surface area contributed by atoms with Gasteiger partial charge in [-0.15, -0.1) is 0 Å². The zero-order valence-corrected chi connectivity index (χ0v) is 11.4. The second kappa shape index (κ2) is 5.72. The van der Waals surface area contributed by atoms with Crippen molar-refractivity contribution in [2.24, 2.45) is 0 Å². The molecule has 112 valence electrons. The number of anilines is 1. The number of furan rings is 1. The molecule has 7 heteroatoms. The number of nitrogens with two attached hydrogens (primary N) is 1. The predicted molar refractivity (Wildman–Crippen MR) is 76.2 cm³/mol. The third kappa shape index (κ3) is 2.56. The van der Waals surface area contributed by atoms with Crippen molar-refractivity contribution >= 4 is 11.8 Å². The zero-order valence-electron chi connectivity index (χ0n) is 11.4. The van der Waals surface area contributed by atoms with E-state index < -0.39 is 11.7 Å². The average Bonchev–Trinajstić information content (AvgIpc) is 3.15. The SMILES string of the molecule is Nc1onc(-c2ccco2)c1C(=O)NCc1ccccc1F. The molecule has 2 aromatic heterocycles. The van der Waals surface area contributed by atoms with E-state index in [0.717, 1.165) is 0 Å². The fraction of sp³-hybridized carbons (Fsp3) is 0.0667. The number of aromatic nitrogens is 1. The van der Waals surface area contributed by atoms with Gasteiger partial charge in [0.15, 0.2) is 11.5 Å². The maximum Gasteiger partial charge on any atom is 0.259 e. The molecule has 0 bridgehead atoms. The van der Waals surface area contributed by atoms with Gasteiger partial charge in [0.1, 0.15) is 11.4 Å². The summed E-state index contributed by atoms with van der Waals surface area (Å²) in [6, 6.07) is 9.45. The highest BCUT2D eigenvalue weighted by molar-refractivity contribution is 6.03. The molecule has 2 heterocycles. The first-order valence-corrected chi connectivity index (χ1v) is 6.47. The number of halogens is 1. The lowest BCUT2D eigenvalue weighted by atomic mass is 10.1. The Morgan fingerprint density at radius 3 is 2.82 bits per heavy atom. The molecule has 0 saturated carbocycles. The highest BCUT2D eigenvalue weighted by Crippen LogP contribution is 2.27. The van der Waals surface area contributed by atoms with E-state index in [9.17, 15) is 9.18 Å². The number of hydrogen-bond acceptors (Lipinski definition) is 5. The van der Waals surface area contributed by atoms with Gasteiger partial charge in [0.05, 0.1) is 6.26 Å². The summed E-state index contributed by atoms with van der Waals surface area (Å²) >= 11 is 0. The lowest BCUT2D eigenvalue weighted by Gasteiger charge is -2.06. The minimum absolute atomic E-state index is 0.0215. The first-order valence-electron chi connectivity index (χ1n) is 6.47. The molecule has 3 rings (SSSR count). The van der Waals surface area contributed by atoms with Gasteiger partial charge in [-0.05, 0) is 18.2 Å². The Labute approximate surface area is 124 Å². The van der Waals surface area contributed by atoms with Gasteiger partial charge in [-0.3, -0.25) is 4.79 Å². The molecule has 3 N–H and O–H groups in total. The maximum atomic E-state index is 13.5. The third-order valence-electron chi connectivity index (χ3n) is 3.10. The van der Waals surface area contributed by atoms with Crippen molar-refractivity contribution in [3.05, 3.63) is 59.6 Å². The van der Waals surface area contributed by atoms with E-state index in [-0.39, 0.29) is 23.7 Å². The largest absolute Gasteiger partial charge is 0.463 e. The van der Waals surface area contributed by atoms with Crippen LogP contribution in [-0.2, 0) is 6.54 Å². The molecule has 0 fully saturated rings. The van der Waals surface area contributed by atoms with Gasteiger partial charge in [0.25, 0.3) is 5.91 Å². The molecule has 0 aliphatic carbocycles. The molecule has 1 aromatic carbocycles. The van der Waals surface area contributed by atoms with Crippen LogP contribution < -0.4 is 11.1 Å². The number of rotatable bonds is 4. The summed E-state index contributed by atoms with van der Waals surface area (Å²) in [4.78, 5) is 12.3. The van der Waals surface area contributed by atoms with Crippen LogP contribution in [0.1, 0.15) is 15.9 Å². The molecule has 0 atom stereocenters. The molecule has 0 saturated heterocycles. The van der Waals surface area contributed by atoms with Gasteiger partial charge in [-0.25, -0.2) is 4.39 Å². The summed E-state index contributed by atoms with van der Waals surface area (Å²) in [7, 11) is 0. The van der Waals surface area contributed by atoms with Crippen LogP contribution in [0.4, 0.5) is 10.3 Å². The normalized spacial score (nSPS) is 10.6. The Kier molecular flexibility index (Phi) is 3.61. The Morgan fingerprint density at radius 1 is 1.27 bits per heavy atom. The number of benzene rings is 1. The first kappa shape index (κ1) is 13.9. The summed E-state index contributed by atoms with van der Waals surface area (Å²) in [5.41, 5.74) is 6.27. The lowest BCUT2D eigenvalue weighted by molar-refractivity contribution is 0.0951. The van der Waals surface area contributed by atoms with E-state index in [4.69, 9.17) is 14.7 Å². The monoisotopic (exact) mass is 301 g/mol. The van der Waals surface area contributed by atoms with Gasteiger partial charge >= 0.3 is 0 Å². The van der Waals surface area contributed by atoms with Crippen LogP contribution in [0, 0.1) is 5.82 Å². The molecule has 0 aliphatic heterocycles. The molecular weight excluding hydrogens is 289 g/mol. The molecule has 22 heavy (non-hydrogen) atoms. The second-order valence-corrected chi connectivity index (χ2v) is 4.52. The average molecular weight is 301 g/mol. The smallest absolute Gasteiger partial charge is 0.259 e. The van der Waals surface area contributed by atoms with E-state index in [1.807, 2.05) is 0 Å². The van der Waals surface area contributed by atoms with Crippen molar-refractivity contribution in [2.45, 2.75) is 6.54 Å². The van der Waals surface area contributed by atoms with E-state index in [1.54, 1.807) is 30.3 Å². The molecule has 6 nitrogen and oxygen atoms in total. The van der Waals surface area contributed by atoms with Gasteiger partial charge in [0.2, 0.25) is 5.88 Å².